The quantitative estimate of drug-likeness (QED) is 0.788. The molecule has 2 aliphatic heterocycles. The Morgan fingerprint density at radius 2 is 1.71 bits per heavy atom. The smallest absolute Gasteiger partial charge is 0.292 e. The van der Waals surface area contributed by atoms with Crippen molar-refractivity contribution in [2.24, 2.45) is 0 Å². The number of nitrogens with one attached hydrogen (secondary N) is 1. The molecule has 2 saturated heterocycles. The largest absolute Gasteiger partial charge is 0.495 e. The third kappa shape index (κ3) is 3.45. The van der Waals surface area contributed by atoms with Crippen molar-refractivity contribution in [3.05, 3.63) is 53.6 Å². The standard InChI is InChI=1S/C21H22ClN3O3/c1-28-19-5-3-2-4-17(19)23-10-12-24(13-11-23)18-14-20(26)25(21(18)27)16-8-6-15(22)7-9-16/h2-9,18H,10-14H2,1H3/p+1/t18-/m0/s1. The zero-order valence-corrected chi connectivity index (χ0v) is 16.5. The van der Waals surface area contributed by atoms with Gasteiger partial charge in [-0.25, -0.2) is 4.90 Å². The molecule has 0 bridgehead atoms. The molecule has 0 aromatic heterocycles. The fourth-order valence-electron chi connectivity index (χ4n) is 4.09. The van der Waals surface area contributed by atoms with Crippen molar-refractivity contribution in [1.82, 2.24) is 0 Å². The van der Waals surface area contributed by atoms with Gasteiger partial charge in [-0.1, -0.05) is 23.7 Å². The Labute approximate surface area is 169 Å². The van der Waals surface area contributed by atoms with E-state index in [1.165, 1.54) is 9.80 Å². The van der Waals surface area contributed by atoms with Crippen molar-refractivity contribution >= 4 is 34.8 Å². The van der Waals surface area contributed by atoms with E-state index in [0.29, 0.717) is 10.7 Å². The average molecular weight is 401 g/mol. The normalized spacial score (nSPS) is 20.7. The highest BCUT2D eigenvalue weighted by Gasteiger charge is 2.46. The monoisotopic (exact) mass is 400 g/mol. The lowest BCUT2D eigenvalue weighted by Gasteiger charge is -2.36. The molecule has 1 N–H and O–H groups in total. The van der Waals surface area contributed by atoms with Gasteiger partial charge >= 0.3 is 0 Å². The van der Waals surface area contributed by atoms with Gasteiger partial charge in [-0.2, -0.15) is 0 Å². The molecule has 0 unspecified atom stereocenters. The molecule has 28 heavy (non-hydrogen) atoms. The minimum Gasteiger partial charge on any atom is -0.495 e. The van der Waals surface area contributed by atoms with Crippen LogP contribution in [0.3, 0.4) is 0 Å². The third-order valence-corrected chi connectivity index (χ3v) is 5.81. The predicted octanol–water partition coefficient (Wildman–Crippen LogP) is 1.39. The molecule has 0 spiro atoms. The summed E-state index contributed by atoms with van der Waals surface area (Å²) in [4.78, 5) is 30.2. The Morgan fingerprint density at radius 3 is 2.39 bits per heavy atom. The Kier molecular flexibility index (Phi) is 5.24. The number of rotatable bonds is 4. The summed E-state index contributed by atoms with van der Waals surface area (Å²) in [5.74, 6) is 0.594. The molecule has 2 aromatic carbocycles. The van der Waals surface area contributed by atoms with Crippen molar-refractivity contribution < 1.29 is 19.2 Å². The topological polar surface area (TPSA) is 54.3 Å². The maximum Gasteiger partial charge on any atom is 0.292 e. The first-order valence-electron chi connectivity index (χ1n) is 9.43. The number of quaternary nitrogens is 1. The molecule has 0 radical (unpaired) electrons. The number of piperazine rings is 1. The molecular formula is C21H23ClN3O3+. The van der Waals surface area contributed by atoms with Crippen LogP contribution < -0.4 is 19.4 Å². The van der Waals surface area contributed by atoms with Crippen LogP contribution in [-0.4, -0.2) is 51.1 Å². The molecule has 2 heterocycles. The number of carbonyl (C=O) groups is 2. The van der Waals surface area contributed by atoms with Crippen LogP contribution in [0.4, 0.5) is 11.4 Å². The number of anilines is 2. The Bertz CT molecular complexity index is 879. The van der Waals surface area contributed by atoms with Gasteiger partial charge in [0.1, 0.15) is 5.75 Å². The lowest BCUT2D eigenvalue weighted by molar-refractivity contribution is -0.915. The van der Waals surface area contributed by atoms with E-state index >= 15 is 0 Å². The van der Waals surface area contributed by atoms with E-state index in [0.717, 1.165) is 37.6 Å². The number of ether oxygens (including phenoxy) is 1. The lowest BCUT2D eigenvalue weighted by Crippen LogP contribution is -3.19. The van der Waals surface area contributed by atoms with E-state index < -0.39 is 0 Å². The van der Waals surface area contributed by atoms with Gasteiger partial charge in [-0.05, 0) is 36.4 Å². The molecule has 1 atom stereocenters. The molecule has 0 saturated carbocycles. The van der Waals surface area contributed by atoms with Crippen LogP contribution in [0, 0.1) is 0 Å². The van der Waals surface area contributed by atoms with Crippen molar-refractivity contribution in [3.8, 4) is 5.75 Å². The maximum atomic E-state index is 13.0. The highest BCUT2D eigenvalue weighted by molar-refractivity contribution is 6.30. The van der Waals surface area contributed by atoms with Crippen LogP contribution in [0.15, 0.2) is 48.5 Å². The second kappa shape index (κ2) is 7.81. The Hall–Kier alpha value is -2.57. The molecule has 2 amide bonds. The van der Waals surface area contributed by atoms with Gasteiger partial charge in [-0.3, -0.25) is 9.59 Å². The van der Waals surface area contributed by atoms with Crippen molar-refractivity contribution in [2.75, 3.05) is 43.1 Å². The van der Waals surface area contributed by atoms with Crippen LogP contribution in [0.25, 0.3) is 0 Å². The third-order valence-electron chi connectivity index (χ3n) is 5.56. The second-order valence-electron chi connectivity index (χ2n) is 7.12. The van der Waals surface area contributed by atoms with Crippen LogP contribution in [0.5, 0.6) is 5.75 Å². The van der Waals surface area contributed by atoms with Gasteiger partial charge in [0.2, 0.25) is 5.91 Å². The zero-order chi connectivity index (χ0) is 19.7. The van der Waals surface area contributed by atoms with Gasteiger partial charge in [0.25, 0.3) is 5.91 Å². The molecule has 2 aromatic rings. The number of methoxy groups -OCH3 is 1. The minimum absolute atomic E-state index is 0.118. The Balaban J connectivity index is 1.44. The lowest BCUT2D eigenvalue weighted by atomic mass is 10.1. The SMILES string of the molecule is COc1ccccc1N1CC[NH+]([C@H]2CC(=O)N(c3ccc(Cl)cc3)C2=O)CC1. The molecule has 0 aliphatic carbocycles. The molecule has 2 fully saturated rings. The number of para-hydroxylation sites is 2. The number of halogens is 1. The number of hydrogen-bond acceptors (Lipinski definition) is 4. The fraction of sp³-hybridized carbons (Fsp3) is 0.333. The van der Waals surface area contributed by atoms with E-state index in [-0.39, 0.29) is 24.3 Å². The summed E-state index contributed by atoms with van der Waals surface area (Å²) in [7, 11) is 1.68. The van der Waals surface area contributed by atoms with E-state index in [1.807, 2.05) is 18.2 Å². The zero-order valence-electron chi connectivity index (χ0n) is 15.7. The number of imide groups is 1. The number of benzene rings is 2. The van der Waals surface area contributed by atoms with Gasteiger partial charge in [0.15, 0.2) is 6.04 Å². The Morgan fingerprint density at radius 1 is 1.04 bits per heavy atom. The van der Waals surface area contributed by atoms with Gasteiger partial charge in [0.05, 0.1) is 51.1 Å². The first kappa shape index (κ1) is 18.8. The van der Waals surface area contributed by atoms with E-state index in [1.54, 1.807) is 31.4 Å². The predicted molar refractivity (Wildman–Crippen MR) is 108 cm³/mol. The number of hydrogen-bond donors (Lipinski definition) is 1. The van der Waals surface area contributed by atoms with E-state index in [9.17, 15) is 9.59 Å². The van der Waals surface area contributed by atoms with Crippen LogP contribution in [-0.2, 0) is 9.59 Å². The molecule has 7 heteroatoms. The summed E-state index contributed by atoms with van der Waals surface area (Å²) in [6.07, 6.45) is 0.255. The number of amides is 2. The molecule has 2 aliphatic rings. The minimum atomic E-state index is -0.317. The molecule has 4 rings (SSSR count). The van der Waals surface area contributed by atoms with Crippen LogP contribution >= 0.6 is 11.6 Å². The maximum absolute atomic E-state index is 13.0. The first-order valence-corrected chi connectivity index (χ1v) is 9.81. The van der Waals surface area contributed by atoms with Gasteiger partial charge in [0, 0.05) is 5.02 Å². The average Bonchev–Trinajstić information content (AvgIpc) is 3.03. The highest BCUT2D eigenvalue weighted by atomic mass is 35.5. The summed E-state index contributed by atoms with van der Waals surface area (Å²) in [6.45, 7) is 3.23. The summed E-state index contributed by atoms with van der Waals surface area (Å²) < 4.78 is 5.46. The first-order chi connectivity index (χ1) is 13.6. The summed E-state index contributed by atoms with van der Waals surface area (Å²) in [5, 5.41) is 0.581. The summed E-state index contributed by atoms with van der Waals surface area (Å²) in [5.41, 5.74) is 1.66. The summed E-state index contributed by atoms with van der Waals surface area (Å²) >= 11 is 5.92. The second-order valence-corrected chi connectivity index (χ2v) is 7.55. The molecule has 146 valence electrons. The van der Waals surface area contributed by atoms with Crippen molar-refractivity contribution in [2.45, 2.75) is 12.5 Å². The van der Waals surface area contributed by atoms with Crippen LogP contribution in [0.1, 0.15) is 6.42 Å². The van der Waals surface area contributed by atoms with Crippen LogP contribution in [0.2, 0.25) is 5.02 Å². The van der Waals surface area contributed by atoms with Crippen molar-refractivity contribution in [1.29, 1.82) is 0 Å². The highest BCUT2D eigenvalue weighted by Crippen LogP contribution is 2.28. The van der Waals surface area contributed by atoms with Gasteiger partial charge in [-0.15, -0.1) is 0 Å². The van der Waals surface area contributed by atoms with E-state index in [2.05, 4.69) is 11.0 Å². The number of carbonyl (C=O) groups excluding carboxylic acids is 2. The van der Waals surface area contributed by atoms with E-state index in [4.69, 9.17) is 16.3 Å². The fourth-order valence-corrected chi connectivity index (χ4v) is 4.21. The van der Waals surface area contributed by atoms with Crippen molar-refractivity contribution in [3.63, 3.8) is 0 Å². The number of nitrogens with zero attached hydrogens (tertiary/aromatic N) is 2. The van der Waals surface area contributed by atoms with Gasteiger partial charge < -0.3 is 14.5 Å². The molecular weight excluding hydrogens is 378 g/mol. The molecule has 6 nitrogen and oxygen atoms in total. The summed E-state index contributed by atoms with van der Waals surface area (Å²) in [6, 6.07) is 14.5.